The Hall–Kier alpha value is -1.85. The topological polar surface area (TPSA) is 81.7 Å². The summed E-state index contributed by atoms with van der Waals surface area (Å²) in [6, 6.07) is -0.608. The van der Waals surface area contributed by atoms with Crippen molar-refractivity contribution >= 4 is 17.8 Å². The highest BCUT2D eigenvalue weighted by Crippen LogP contribution is 2.77. The molecule has 0 aromatic rings. The summed E-state index contributed by atoms with van der Waals surface area (Å²) in [5.74, 6) is 1.96. The van der Waals surface area contributed by atoms with E-state index in [1.54, 1.807) is 6.92 Å². The van der Waals surface area contributed by atoms with Crippen LogP contribution in [0.25, 0.3) is 0 Å². The van der Waals surface area contributed by atoms with Gasteiger partial charge in [0.25, 0.3) is 0 Å². The molecule has 254 valence electrons. The van der Waals surface area contributed by atoms with E-state index in [0.29, 0.717) is 30.1 Å². The van der Waals surface area contributed by atoms with Crippen molar-refractivity contribution in [3.63, 3.8) is 0 Å². The van der Waals surface area contributed by atoms with E-state index in [9.17, 15) is 14.4 Å². The van der Waals surface area contributed by atoms with Gasteiger partial charge in [-0.25, -0.2) is 4.79 Å². The molecule has 5 rings (SSSR count). The van der Waals surface area contributed by atoms with Crippen molar-refractivity contribution in [2.24, 2.45) is 62.6 Å². The Kier molecular flexibility index (Phi) is 8.96. The maximum Gasteiger partial charge on any atom is 0.328 e. The van der Waals surface area contributed by atoms with E-state index in [1.807, 2.05) is 0 Å². The Morgan fingerprint density at radius 1 is 0.844 bits per heavy atom. The molecule has 0 saturated heterocycles. The molecule has 1 amide bonds. The average Bonchev–Trinajstić information content (AvgIpc) is 3.35. The molecule has 5 aliphatic carbocycles. The Balaban J connectivity index is 1.49. The van der Waals surface area contributed by atoms with Crippen molar-refractivity contribution in [2.75, 3.05) is 7.11 Å². The fourth-order valence-electron chi connectivity index (χ4n) is 13.1. The zero-order valence-electron chi connectivity index (χ0n) is 30.1. The summed E-state index contributed by atoms with van der Waals surface area (Å²) in [4.78, 5) is 39.4. The molecule has 5 aliphatic rings. The number of hydrogen-bond acceptors (Lipinski definition) is 5. The standard InChI is InChI=1S/C39H63NO5/c1-23(2)22-28(33(42)44-11)40-34(43)39-19-14-26(24(3)4)32(39)27-12-13-30-36(8)17-16-31(45-25(5)41)35(6,7)29(36)15-18-38(30,10)37(27,9)20-21-39/h23,26-32H,3,12-22H2,1-2,4-11H3,(H,40,43)/t26?,27-,28?,29+,30?,31+,32-,36+,37-,38-,39+/m1/s1. The summed E-state index contributed by atoms with van der Waals surface area (Å²) >= 11 is 0. The van der Waals surface area contributed by atoms with E-state index >= 15 is 0 Å². The fraction of sp³-hybridized carbons (Fsp3) is 0.872. The predicted octanol–water partition coefficient (Wildman–Crippen LogP) is 8.28. The minimum absolute atomic E-state index is 0.0162. The molecule has 1 N–H and O–H groups in total. The first-order chi connectivity index (χ1) is 20.9. The number of carbonyl (C=O) groups excluding carboxylic acids is 3. The van der Waals surface area contributed by atoms with Gasteiger partial charge in [-0.15, -0.1) is 0 Å². The van der Waals surface area contributed by atoms with Crippen LogP contribution in [0.15, 0.2) is 12.2 Å². The van der Waals surface area contributed by atoms with Crippen molar-refractivity contribution in [2.45, 2.75) is 145 Å². The maximum atomic E-state index is 14.6. The third-order valence-electron chi connectivity index (χ3n) is 15.3. The van der Waals surface area contributed by atoms with Gasteiger partial charge < -0.3 is 14.8 Å². The lowest BCUT2D eigenvalue weighted by Crippen LogP contribution is -2.67. The van der Waals surface area contributed by atoms with Crippen molar-refractivity contribution in [3.05, 3.63) is 12.2 Å². The predicted molar refractivity (Wildman–Crippen MR) is 178 cm³/mol. The van der Waals surface area contributed by atoms with Gasteiger partial charge >= 0.3 is 11.9 Å². The molecular formula is C39H63NO5. The minimum atomic E-state index is -0.608. The third kappa shape index (κ3) is 5.12. The number of fused-ring (bicyclic) bond motifs is 7. The van der Waals surface area contributed by atoms with Gasteiger partial charge in [0, 0.05) is 12.3 Å². The number of nitrogens with one attached hydrogen (secondary N) is 1. The summed E-state index contributed by atoms with van der Waals surface area (Å²) in [5, 5.41) is 3.26. The van der Waals surface area contributed by atoms with Crippen LogP contribution in [0.1, 0.15) is 133 Å². The lowest BCUT2D eigenvalue weighted by Gasteiger charge is -2.72. The quantitative estimate of drug-likeness (QED) is 0.227. The molecule has 0 aromatic heterocycles. The van der Waals surface area contributed by atoms with E-state index in [1.165, 1.54) is 25.5 Å². The van der Waals surface area contributed by atoms with Gasteiger partial charge in [-0.3, -0.25) is 9.59 Å². The first-order valence-corrected chi connectivity index (χ1v) is 18.1. The number of methoxy groups -OCH3 is 1. The highest BCUT2D eigenvalue weighted by Gasteiger charge is 2.72. The van der Waals surface area contributed by atoms with Crippen LogP contribution in [0.5, 0.6) is 0 Å². The second-order valence-electron chi connectivity index (χ2n) is 18.0. The van der Waals surface area contributed by atoms with Crippen LogP contribution in [0.3, 0.4) is 0 Å². The number of esters is 2. The number of ether oxygens (including phenoxy) is 2. The zero-order valence-corrected chi connectivity index (χ0v) is 30.1. The summed E-state index contributed by atoms with van der Waals surface area (Å²) in [6.07, 6.45) is 11.1. The molecule has 45 heavy (non-hydrogen) atoms. The number of allylic oxidation sites excluding steroid dienone is 1. The van der Waals surface area contributed by atoms with Crippen molar-refractivity contribution in [1.29, 1.82) is 0 Å². The van der Waals surface area contributed by atoms with E-state index in [0.717, 1.165) is 51.4 Å². The van der Waals surface area contributed by atoms with Crippen LogP contribution >= 0.6 is 0 Å². The lowest BCUT2D eigenvalue weighted by atomic mass is 9.32. The Bertz CT molecular complexity index is 1210. The Morgan fingerprint density at radius 2 is 1.53 bits per heavy atom. The molecule has 0 bridgehead atoms. The van der Waals surface area contributed by atoms with Gasteiger partial charge in [-0.05, 0) is 129 Å². The number of hydrogen-bond donors (Lipinski definition) is 1. The Morgan fingerprint density at radius 3 is 2.13 bits per heavy atom. The summed E-state index contributed by atoms with van der Waals surface area (Å²) < 4.78 is 11.1. The van der Waals surface area contributed by atoms with Crippen molar-refractivity contribution in [3.8, 4) is 0 Å². The first-order valence-electron chi connectivity index (χ1n) is 18.1. The van der Waals surface area contributed by atoms with E-state index in [4.69, 9.17) is 9.47 Å². The van der Waals surface area contributed by atoms with Crippen molar-refractivity contribution < 1.29 is 23.9 Å². The molecule has 3 unspecified atom stereocenters. The van der Waals surface area contributed by atoms with E-state index < -0.39 is 11.5 Å². The van der Waals surface area contributed by atoms with Gasteiger partial charge in [-0.1, -0.05) is 60.6 Å². The summed E-state index contributed by atoms with van der Waals surface area (Å²) in [7, 11) is 1.42. The molecular weight excluding hydrogens is 562 g/mol. The molecule has 0 spiro atoms. The smallest absolute Gasteiger partial charge is 0.328 e. The SMILES string of the molecule is C=C(C)C1CC[C@]2(C(=O)NC(CC(C)C)C(=O)OC)CC[C@]3(C)[C@H](CCC4[C@@]5(C)CC[C@H](OC(C)=O)C(C)(C)[C@@H]5CC[C@]43C)[C@@H]12. The highest BCUT2D eigenvalue weighted by atomic mass is 16.5. The number of amides is 1. The maximum absolute atomic E-state index is 14.6. The molecule has 0 aromatic carbocycles. The van der Waals surface area contributed by atoms with Gasteiger partial charge in [0.05, 0.1) is 12.5 Å². The van der Waals surface area contributed by atoms with Crippen LogP contribution in [0.4, 0.5) is 0 Å². The lowest BCUT2D eigenvalue weighted by molar-refractivity contribution is -0.248. The molecule has 0 heterocycles. The molecule has 0 radical (unpaired) electrons. The molecule has 6 nitrogen and oxygen atoms in total. The zero-order chi connectivity index (χ0) is 33.3. The second-order valence-corrected chi connectivity index (χ2v) is 18.0. The van der Waals surface area contributed by atoms with E-state index in [2.05, 4.69) is 67.3 Å². The normalized spacial score (nSPS) is 44.0. The largest absolute Gasteiger partial charge is 0.467 e. The number of carbonyl (C=O) groups is 3. The van der Waals surface area contributed by atoms with Crippen LogP contribution in [-0.4, -0.2) is 37.1 Å². The monoisotopic (exact) mass is 625 g/mol. The van der Waals surface area contributed by atoms with Crippen molar-refractivity contribution in [1.82, 2.24) is 5.32 Å². The number of rotatable bonds is 7. The fourth-order valence-corrected chi connectivity index (χ4v) is 13.1. The van der Waals surface area contributed by atoms with E-state index in [-0.39, 0.29) is 57.4 Å². The highest BCUT2D eigenvalue weighted by molar-refractivity contribution is 5.88. The minimum Gasteiger partial charge on any atom is -0.467 e. The van der Waals surface area contributed by atoms with Crippen LogP contribution < -0.4 is 5.32 Å². The molecule has 11 atom stereocenters. The van der Waals surface area contributed by atoms with Gasteiger partial charge in [0.1, 0.15) is 12.1 Å². The Labute approximate surface area is 273 Å². The van der Waals surface area contributed by atoms with Gasteiger partial charge in [0.15, 0.2) is 0 Å². The molecule has 6 heteroatoms. The summed E-state index contributed by atoms with van der Waals surface area (Å²) in [6.45, 7) is 24.9. The second kappa shape index (κ2) is 11.7. The van der Waals surface area contributed by atoms with Crippen LogP contribution in [0, 0.1) is 62.6 Å². The summed E-state index contributed by atoms with van der Waals surface area (Å²) in [5.41, 5.74) is 1.17. The van der Waals surface area contributed by atoms with Gasteiger partial charge in [-0.2, -0.15) is 0 Å². The average molecular weight is 626 g/mol. The van der Waals surface area contributed by atoms with Gasteiger partial charge in [0.2, 0.25) is 5.91 Å². The van der Waals surface area contributed by atoms with Crippen LogP contribution in [-0.2, 0) is 23.9 Å². The molecule has 0 aliphatic heterocycles. The molecule has 5 saturated carbocycles. The first kappa shape index (κ1) is 34.5. The third-order valence-corrected chi connectivity index (χ3v) is 15.3. The molecule has 5 fully saturated rings. The van der Waals surface area contributed by atoms with Crippen LogP contribution in [0.2, 0.25) is 0 Å².